The van der Waals surface area contributed by atoms with E-state index in [4.69, 9.17) is 9.47 Å². The third-order valence-electron chi connectivity index (χ3n) is 1.94. The largest absolute Gasteiger partial charge is 0.469 e. The fourth-order valence-electron chi connectivity index (χ4n) is 1.04. The van der Waals surface area contributed by atoms with Gasteiger partial charge < -0.3 is 9.47 Å². The average molecular weight is 244 g/mol. The van der Waals surface area contributed by atoms with Crippen LogP contribution < -0.4 is 4.74 Å². The lowest BCUT2D eigenvalue weighted by atomic mass is 10.3. The molecule has 0 radical (unpaired) electrons. The summed E-state index contributed by atoms with van der Waals surface area (Å²) in [5.74, 6) is 0.660. The molecule has 0 unspecified atom stereocenters. The normalized spacial score (nSPS) is 16.8. The summed E-state index contributed by atoms with van der Waals surface area (Å²) >= 11 is 3.43. The summed E-state index contributed by atoms with van der Waals surface area (Å²) in [6.07, 6.45) is 1.92. The minimum atomic E-state index is 0.172. The molecule has 2 rings (SSSR count). The Morgan fingerprint density at radius 3 is 3.00 bits per heavy atom. The lowest BCUT2D eigenvalue weighted by molar-refractivity contribution is -0.0816. The summed E-state index contributed by atoms with van der Waals surface area (Å²) < 4.78 is 11.5. The first kappa shape index (κ1) is 8.97. The molecule has 4 heteroatoms. The van der Waals surface area contributed by atoms with E-state index in [-0.39, 0.29) is 6.10 Å². The van der Waals surface area contributed by atoms with Crippen LogP contribution >= 0.6 is 15.9 Å². The van der Waals surface area contributed by atoms with Gasteiger partial charge in [-0.3, -0.25) is 0 Å². The summed E-state index contributed by atoms with van der Waals surface area (Å²) in [7, 11) is 0. The van der Waals surface area contributed by atoms with Gasteiger partial charge in [-0.2, -0.15) is 0 Å². The summed E-state index contributed by atoms with van der Waals surface area (Å²) in [4.78, 5) is 4.14. The standard InChI is InChI=1S/C9H10BrNO2/c1-6-2-3-11-9(8(6)10)13-7-4-12-5-7/h2-3,7H,4-5H2,1H3. The van der Waals surface area contributed by atoms with Gasteiger partial charge >= 0.3 is 0 Å². The van der Waals surface area contributed by atoms with Gasteiger partial charge in [-0.1, -0.05) is 0 Å². The highest BCUT2D eigenvalue weighted by atomic mass is 79.9. The first-order valence-electron chi connectivity index (χ1n) is 4.13. The van der Waals surface area contributed by atoms with Crippen LogP contribution in [0.25, 0.3) is 0 Å². The number of rotatable bonds is 2. The van der Waals surface area contributed by atoms with E-state index in [9.17, 15) is 0 Å². The molecule has 0 aliphatic carbocycles. The van der Waals surface area contributed by atoms with Gasteiger partial charge in [0.25, 0.3) is 0 Å². The van der Waals surface area contributed by atoms with Crippen LogP contribution in [-0.4, -0.2) is 24.3 Å². The zero-order valence-electron chi connectivity index (χ0n) is 7.29. The molecule has 3 nitrogen and oxygen atoms in total. The summed E-state index contributed by atoms with van der Waals surface area (Å²) in [5, 5.41) is 0. The van der Waals surface area contributed by atoms with Crippen LogP contribution in [0.5, 0.6) is 5.88 Å². The van der Waals surface area contributed by atoms with E-state index in [1.807, 2.05) is 13.0 Å². The van der Waals surface area contributed by atoms with Crippen molar-refractivity contribution in [2.24, 2.45) is 0 Å². The average Bonchev–Trinajstić information content (AvgIpc) is 2.04. The number of hydrogen-bond acceptors (Lipinski definition) is 3. The van der Waals surface area contributed by atoms with Crippen molar-refractivity contribution in [1.82, 2.24) is 4.98 Å². The quantitative estimate of drug-likeness (QED) is 0.796. The Balaban J connectivity index is 2.14. The maximum atomic E-state index is 5.58. The number of ether oxygens (including phenoxy) is 2. The van der Waals surface area contributed by atoms with Gasteiger partial charge in [0.2, 0.25) is 5.88 Å². The maximum Gasteiger partial charge on any atom is 0.228 e. The molecule has 13 heavy (non-hydrogen) atoms. The second kappa shape index (κ2) is 3.64. The van der Waals surface area contributed by atoms with Gasteiger partial charge in [-0.15, -0.1) is 0 Å². The van der Waals surface area contributed by atoms with Crippen LogP contribution in [0.3, 0.4) is 0 Å². The number of halogens is 1. The van der Waals surface area contributed by atoms with Gasteiger partial charge in [-0.05, 0) is 34.5 Å². The van der Waals surface area contributed by atoms with Gasteiger partial charge in [0.1, 0.15) is 6.10 Å². The molecule has 0 aromatic carbocycles. The molecule has 0 spiro atoms. The molecule has 2 heterocycles. The number of aryl methyl sites for hydroxylation is 1. The fourth-order valence-corrected chi connectivity index (χ4v) is 1.37. The molecule has 1 saturated heterocycles. The Morgan fingerprint density at radius 2 is 2.38 bits per heavy atom. The van der Waals surface area contributed by atoms with Gasteiger partial charge in [0, 0.05) is 6.20 Å². The molecule has 1 aliphatic rings. The van der Waals surface area contributed by atoms with Crippen molar-refractivity contribution in [3.8, 4) is 5.88 Å². The van der Waals surface area contributed by atoms with Crippen molar-refractivity contribution in [1.29, 1.82) is 0 Å². The van der Waals surface area contributed by atoms with Gasteiger partial charge in [-0.25, -0.2) is 4.98 Å². The number of nitrogens with zero attached hydrogens (tertiary/aromatic N) is 1. The Morgan fingerprint density at radius 1 is 1.62 bits per heavy atom. The van der Waals surface area contributed by atoms with Gasteiger partial charge in [0.05, 0.1) is 17.7 Å². The number of hydrogen-bond donors (Lipinski definition) is 0. The van der Waals surface area contributed by atoms with Crippen LogP contribution in [0, 0.1) is 6.92 Å². The molecular formula is C9H10BrNO2. The molecule has 1 aromatic heterocycles. The van der Waals surface area contributed by atoms with Crippen LogP contribution in [0.15, 0.2) is 16.7 Å². The van der Waals surface area contributed by atoms with E-state index in [0.29, 0.717) is 19.1 Å². The predicted octanol–water partition coefficient (Wildman–Crippen LogP) is 1.93. The van der Waals surface area contributed by atoms with Gasteiger partial charge in [0.15, 0.2) is 0 Å². The number of pyridine rings is 1. The molecule has 0 N–H and O–H groups in total. The summed E-state index contributed by atoms with van der Waals surface area (Å²) in [6.45, 7) is 3.35. The van der Waals surface area contributed by atoms with Crippen LogP contribution in [-0.2, 0) is 4.74 Å². The highest BCUT2D eigenvalue weighted by Gasteiger charge is 2.21. The van der Waals surface area contributed by atoms with Crippen molar-refractivity contribution >= 4 is 15.9 Å². The topological polar surface area (TPSA) is 31.4 Å². The maximum absolute atomic E-state index is 5.58. The van der Waals surface area contributed by atoms with Crippen molar-refractivity contribution in [3.63, 3.8) is 0 Å². The van der Waals surface area contributed by atoms with Crippen molar-refractivity contribution in [2.75, 3.05) is 13.2 Å². The Bertz CT molecular complexity index is 312. The Hall–Kier alpha value is -0.610. The van der Waals surface area contributed by atoms with Crippen molar-refractivity contribution in [3.05, 3.63) is 22.3 Å². The lowest BCUT2D eigenvalue weighted by Gasteiger charge is -2.26. The van der Waals surface area contributed by atoms with Crippen LogP contribution in [0.1, 0.15) is 5.56 Å². The molecular weight excluding hydrogens is 234 g/mol. The summed E-state index contributed by atoms with van der Waals surface area (Å²) in [6, 6.07) is 1.94. The third-order valence-corrected chi connectivity index (χ3v) is 2.90. The molecule has 0 amide bonds. The zero-order valence-corrected chi connectivity index (χ0v) is 8.87. The van der Waals surface area contributed by atoms with E-state index < -0.39 is 0 Å². The lowest BCUT2D eigenvalue weighted by Crippen LogP contribution is -2.38. The molecule has 70 valence electrons. The summed E-state index contributed by atoms with van der Waals surface area (Å²) in [5.41, 5.74) is 1.13. The fraction of sp³-hybridized carbons (Fsp3) is 0.444. The predicted molar refractivity (Wildman–Crippen MR) is 51.9 cm³/mol. The highest BCUT2D eigenvalue weighted by molar-refractivity contribution is 9.10. The molecule has 0 atom stereocenters. The van der Waals surface area contributed by atoms with Crippen LogP contribution in [0.2, 0.25) is 0 Å². The second-order valence-electron chi connectivity index (χ2n) is 3.02. The van der Waals surface area contributed by atoms with E-state index >= 15 is 0 Å². The molecule has 0 bridgehead atoms. The van der Waals surface area contributed by atoms with E-state index in [1.54, 1.807) is 6.20 Å². The SMILES string of the molecule is Cc1ccnc(OC2COC2)c1Br. The molecule has 1 aromatic rings. The van der Waals surface area contributed by atoms with E-state index in [0.717, 1.165) is 10.0 Å². The zero-order chi connectivity index (χ0) is 9.26. The van der Waals surface area contributed by atoms with E-state index in [2.05, 4.69) is 20.9 Å². The monoisotopic (exact) mass is 243 g/mol. The van der Waals surface area contributed by atoms with Crippen LogP contribution in [0.4, 0.5) is 0 Å². The Kier molecular flexibility index (Phi) is 2.51. The first-order valence-corrected chi connectivity index (χ1v) is 4.92. The first-order chi connectivity index (χ1) is 6.27. The number of aromatic nitrogens is 1. The minimum Gasteiger partial charge on any atom is -0.469 e. The Labute approximate surface area is 85.2 Å². The highest BCUT2D eigenvalue weighted by Crippen LogP contribution is 2.27. The third kappa shape index (κ3) is 1.84. The van der Waals surface area contributed by atoms with Crippen molar-refractivity contribution < 1.29 is 9.47 Å². The molecule has 0 saturated carbocycles. The second-order valence-corrected chi connectivity index (χ2v) is 3.82. The smallest absolute Gasteiger partial charge is 0.228 e. The molecule has 1 aliphatic heterocycles. The molecule has 1 fully saturated rings. The minimum absolute atomic E-state index is 0.172. The van der Waals surface area contributed by atoms with E-state index in [1.165, 1.54) is 0 Å². The van der Waals surface area contributed by atoms with Crippen molar-refractivity contribution in [2.45, 2.75) is 13.0 Å².